The summed E-state index contributed by atoms with van der Waals surface area (Å²) in [7, 11) is 2.03. The van der Waals surface area contributed by atoms with Crippen LogP contribution in [-0.4, -0.2) is 7.05 Å². The first-order chi connectivity index (χ1) is 9.60. The van der Waals surface area contributed by atoms with Gasteiger partial charge in [-0.2, -0.15) is 0 Å². The van der Waals surface area contributed by atoms with Crippen molar-refractivity contribution in [3.05, 3.63) is 69.7 Å². The first kappa shape index (κ1) is 15.3. The number of hydrogen-bond donors (Lipinski definition) is 1. The Labute approximate surface area is 130 Å². The van der Waals surface area contributed by atoms with Crippen molar-refractivity contribution in [2.45, 2.75) is 32.2 Å². The normalized spacial score (nSPS) is 12.7. The third-order valence-corrected chi connectivity index (χ3v) is 4.18. The molecule has 106 valence electrons. The molecule has 0 spiro atoms. The summed E-state index contributed by atoms with van der Waals surface area (Å²) in [5, 5.41) is 3.42. The number of halogens is 1. The molecule has 0 aliphatic carbocycles. The van der Waals surface area contributed by atoms with Crippen molar-refractivity contribution in [1.29, 1.82) is 0 Å². The molecular weight excluding hydrogens is 310 g/mol. The Hall–Kier alpha value is -1.12. The molecule has 2 rings (SSSR count). The number of hydrogen-bond acceptors (Lipinski definition) is 1. The van der Waals surface area contributed by atoms with E-state index in [-0.39, 0.29) is 0 Å². The van der Waals surface area contributed by atoms with Gasteiger partial charge in [-0.25, -0.2) is 0 Å². The van der Waals surface area contributed by atoms with Gasteiger partial charge < -0.3 is 5.32 Å². The van der Waals surface area contributed by atoms with Crippen LogP contribution in [0.3, 0.4) is 0 Å². The monoisotopic (exact) mass is 331 g/mol. The average Bonchev–Trinajstić information content (AvgIpc) is 2.45. The van der Waals surface area contributed by atoms with Crippen LogP contribution >= 0.6 is 15.9 Å². The first-order valence-electron chi connectivity index (χ1n) is 7.11. The molecule has 0 aromatic heterocycles. The third-order valence-electron chi connectivity index (χ3n) is 3.68. The average molecular weight is 332 g/mol. The molecule has 0 aliphatic rings. The van der Waals surface area contributed by atoms with Crippen LogP contribution in [0.1, 0.15) is 42.5 Å². The molecule has 2 aromatic rings. The van der Waals surface area contributed by atoms with Crippen molar-refractivity contribution in [1.82, 2.24) is 5.32 Å². The van der Waals surface area contributed by atoms with Crippen LogP contribution in [0, 0.1) is 0 Å². The zero-order valence-electron chi connectivity index (χ0n) is 12.4. The quantitative estimate of drug-likeness (QED) is 0.805. The minimum absolute atomic E-state index is 0.352. The van der Waals surface area contributed by atoms with Crippen LogP contribution < -0.4 is 5.32 Å². The van der Waals surface area contributed by atoms with Crippen LogP contribution in [0.2, 0.25) is 0 Å². The second kappa shape index (κ2) is 7.05. The highest BCUT2D eigenvalue weighted by Gasteiger charge is 2.10. The van der Waals surface area contributed by atoms with Crippen molar-refractivity contribution in [3.63, 3.8) is 0 Å². The van der Waals surface area contributed by atoms with Crippen LogP contribution in [0.4, 0.5) is 0 Å². The zero-order valence-corrected chi connectivity index (χ0v) is 13.9. The highest BCUT2D eigenvalue weighted by molar-refractivity contribution is 9.10. The molecule has 1 N–H and O–H groups in total. The molecule has 1 unspecified atom stereocenters. The number of rotatable bonds is 5. The molecule has 2 aromatic carbocycles. The standard InChI is InChI=1S/C18H22BrN/c1-13(2)15-7-9-16(10-8-15)18(20-3)12-14-5-4-6-17(19)11-14/h4-11,13,18,20H,12H2,1-3H3. The van der Waals surface area contributed by atoms with Gasteiger partial charge in [-0.05, 0) is 48.2 Å². The van der Waals surface area contributed by atoms with Crippen molar-refractivity contribution >= 4 is 15.9 Å². The zero-order chi connectivity index (χ0) is 14.5. The van der Waals surface area contributed by atoms with Crippen LogP contribution in [0.25, 0.3) is 0 Å². The maximum Gasteiger partial charge on any atom is 0.0358 e. The van der Waals surface area contributed by atoms with Gasteiger partial charge in [0.1, 0.15) is 0 Å². The summed E-state index contributed by atoms with van der Waals surface area (Å²) >= 11 is 3.54. The minimum atomic E-state index is 0.352. The Morgan fingerprint density at radius 1 is 1.00 bits per heavy atom. The third kappa shape index (κ3) is 3.94. The Morgan fingerprint density at radius 2 is 1.65 bits per heavy atom. The maximum atomic E-state index is 3.54. The van der Waals surface area contributed by atoms with E-state index in [1.54, 1.807) is 0 Å². The Bertz CT molecular complexity index is 546. The van der Waals surface area contributed by atoms with E-state index in [2.05, 4.69) is 83.6 Å². The van der Waals surface area contributed by atoms with Crippen LogP contribution in [-0.2, 0) is 6.42 Å². The smallest absolute Gasteiger partial charge is 0.0358 e. The van der Waals surface area contributed by atoms with Gasteiger partial charge >= 0.3 is 0 Å². The van der Waals surface area contributed by atoms with E-state index in [4.69, 9.17) is 0 Å². The highest BCUT2D eigenvalue weighted by atomic mass is 79.9. The lowest BCUT2D eigenvalue weighted by Gasteiger charge is -2.18. The van der Waals surface area contributed by atoms with Gasteiger partial charge in [-0.15, -0.1) is 0 Å². The molecule has 0 saturated heterocycles. The van der Waals surface area contributed by atoms with Gasteiger partial charge in [-0.1, -0.05) is 66.2 Å². The molecule has 2 heteroatoms. The van der Waals surface area contributed by atoms with Crippen LogP contribution in [0.15, 0.2) is 53.0 Å². The Morgan fingerprint density at radius 3 is 2.20 bits per heavy atom. The second-order valence-corrected chi connectivity index (χ2v) is 6.41. The first-order valence-corrected chi connectivity index (χ1v) is 7.91. The van der Waals surface area contributed by atoms with E-state index in [9.17, 15) is 0 Å². The highest BCUT2D eigenvalue weighted by Crippen LogP contribution is 2.22. The fourth-order valence-electron chi connectivity index (χ4n) is 2.40. The lowest BCUT2D eigenvalue weighted by atomic mass is 9.95. The van der Waals surface area contributed by atoms with Gasteiger partial charge in [0.25, 0.3) is 0 Å². The number of likely N-dealkylation sites (N-methyl/N-ethyl adjacent to an activating group) is 1. The SMILES string of the molecule is CNC(Cc1cccc(Br)c1)c1ccc(C(C)C)cc1. The Kier molecular flexibility index (Phi) is 5.38. The van der Waals surface area contributed by atoms with E-state index < -0.39 is 0 Å². The summed E-state index contributed by atoms with van der Waals surface area (Å²) in [5.74, 6) is 0.585. The van der Waals surface area contributed by atoms with Gasteiger partial charge in [0.15, 0.2) is 0 Å². The fraction of sp³-hybridized carbons (Fsp3) is 0.333. The topological polar surface area (TPSA) is 12.0 Å². The van der Waals surface area contributed by atoms with Gasteiger partial charge in [0.05, 0.1) is 0 Å². The lowest BCUT2D eigenvalue weighted by molar-refractivity contribution is 0.591. The number of benzene rings is 2. The molecular formula is C18H22BrN. The van der Waals surface area contributed by atoms with E-state index in [0.717, 1.165) is 10.9 Å². The Balaban J connectivity index is 2.15. The predicted octanol–water partition coefficient (Wildman–Crippen LogP) is 5.08. The number of nitrogens with one attached hydrogen (secondary N) is 1. The predicted molar refractivity (Wildman–Crippen MR) is 90.2 cm³/mol. The van der Waals surface area contributed by atoms with Crippen LogP contribution in [0.5, 0.6) is 0 Å². The van der Waals surface area contributed by atoms with Crippen molar-refractivity contribution < 1.29 is 0 Å². The second-order valence-electron chi connectivity index (χ2n) is 5.50. The summed E-state index contributed by atoms with van der Waals surface area (Å²) in [6, 6.07) is 17.8. The van der Waals surface area contributed by atoms with E-state index in [0.29, 0.717) is 12.0 Å². The minimum Gasteiger partial charge on any atom is -0.313 e. The van der Waals surface area contributed by atoms with Crippen molar-refractivity contribution in [2.75, 3.05) is 7.05 Å². The van der Waals surface area contributed by atoms with Gasteiger partial charge in [-0.3, -0.25) is 0 Å². The molecule has 1 nitrogen and oxygen atoms in total. The fourth-order valence-corrected chi connectivity index (χ4v) is 2.85. The van der Waals surface area contributed by atoms with Gasteiger partial charge in [0, 0.05) is 10.5 Å². The molecule has 20 heavy (non-hydrogen) atoms. The molecule has 1 atom stereocenters. The summed E-state index contributed by atoms with van der Waals surface area (Å²) in [6.45, 7) is 4.46. The largest absolute Gasteiger partial charge is 0.313 e. The van der Waals surface area contributed by atoms with E-state index in [1.807, 2.05) is 7.05 Å². The van der Waals surface area contributed by atoms with E-state index >= 15 is 0 Å². The molecule has 0 radical (unpaired) electrons. The van der Waals surface area contributed by atoms with E-state index in [1.165, 1.54) is 16.7 Å². The molecule has 0 fully saturated rings. The molecule has 0 bridgehead atoms. The van der Waals surface area contributed by atoms with Gasteiger partial charge in [0.2, 0.25) is 0 Å². The van der Waals surface area contributed by atoms with Crippen molar-refractivity contribution in [3.8, 4) is 0 Å². The molecule has 0 amide bonds. The summed E-state index contributed by atoms with van der Waals surface area (Å²) in [5.41, 5.74) is 4.08. The summed E-state index contributed by atoms with van der Waals surface area (Å²) < 4.78 is 1.14. The maximum absolute atomic E-state index is 3.54. The molecule has 0 heterocycles. The molecule has 0 saturated carbocycles. The lowest BCUT2D eigenvalue weighted by Crippen LogP contribution is -2.18. The van der Waals surface area contributed by atoms with Crippen molar-refractivity contribution in [2.24, 2.45) is 0 Å². The molecule has 0 aliphatic heterocycles. The summed E-state index contributed by atoms with van der Waals surface area (Å²) in [4.78, 5) is 0. The summed E-state index contributed by atoms with van der Waals surface area (Å²) in [6.07, 6.45) is 0.997.